The number of rotatable bonds is 5. The van der Waals surface area contributed by atoms with Crippen LogP contribution in [0.1, 0.15) is 0 Å². The molecule has 1 aliphatic rings. The summed E-state index contributed by atoms with van der Waals surface area (Å²) in [6.07, 6.45) is -0.913. The minimum absolute atomic E-state index is 0.275. The van der Waals surface area contributed by atoms with Crippen LogP contribution in [0.5, 0.6) is 23.0 Å². The lowest BCUT2D eigenvalue weighted by atomic mass is 10.1. The second-order valence-electron chi connectivity index (χ2n) is 5.37. The lowest BCUT2D eigenvalue weighted by Crippen LogP contribution is -2.56. The number of nitrogens with zero attached hydrogens (tertiary/aromatic N) is 1. The third kappa shape index (κ3) is 4.18. The summed E-state index contributed by atoms with van der Waals surface area (Å²) in [6.45, 7) is 0.275. The van der Waals surface area contributed by atoms with Crippen molar-refractivity contribution in [3.05, 3.63) is 42.5 Å². The molecule has 0 spiro atoms. The number of hydrogen-bond acceptors (Lipinski definition) is 6. The van der Waals surface area contributed by atoms with Crippen LogP contribution in [0.3, 0.4) is 0 Å². The molecular weight excluding hydrogens is 338 g/mol. The number of carbonyl (C=O) groups excluding carboxylic acids is 1. The zero-order valence-electron chi connectivity index (χ0n) is 15.3. The Bertz CT molecular complexity index is 709. The molecule has 1 N–H and O–H groups in total. The Kier molecular flexibility index (Phi) is 6.68. The molecule has 0 aliphatic carbocycles. The number of para-hydroxylation sites is 1. The Hall–Kier alpha value is -2.93. The molecule has 140 valence electrons. The van der Waals surface area contributed by atoms with Crippen LogP contribution in [-0.2, 0) is 4.79 Å². The molecule has 0 radical (unpaired) electrons. The first kappa shape index (κ1) is 19.4. The number of methoxy groups -OCH3 is 4. The summed E-state index contributed by atoms with van der Waals surface area (Å²) in [5.41, 5.74) is 0.611. The van der Waals surface area contributed by atoms with Crippen molar-refractivity contribution in [2.75, 3.05) is 39.9 Å². The van der Waals surface area contributed by atoms with Crippen LogP contribution in [0.25, 0.3) is 0 Å². The van der Waals surface area contributed by atoms with E-state index in [-0.39, 0.29) is 12.5 Å². The van der Waals surface area contributed by atoms with E-state index in [0.717, 1.165) is 5.75 Å². The van der Waals surface area contributed by atoms with E-state index in [9.17, 15) is 9.90 Å². The zero-order chi connectivity index (χ0) is 19.1. The highest BCUT2D eigenvalue weighted by molar-refractivity contribution is 6.03. The molecule has 26 heavy (non-hydrogen) atoms. The number of β-amino-alcohol motifs (C(OH)–C–C–N with tert-alkyl or cyclic N) is 1. The van der Waals surface area contributed by atoms with Gasteiger partial charge >= 0.3 is 0 Å². The molecule has 7 nitrogen and oxygen atoms in total. The SMILES string of the molecule is COc1cc(N2CC(O)C2=O)cc(OC)c1OC.COc1ccccc1. The van der Waals surface area contributed by atoms with Crippen molar-refractivity contribution in [1.29, 1.82) is 0 Å². The van der Waals surface area contributed by atoms with Crippen LogP contribution in [0, 0.1) is 0 Å². The van der Waals surface area contributed by atoms with Crippen molar-refractivity contribution in [1.82, 2.24) is 0 Å². The molecule has 1 amide bonds. The van der Waals surface area contributed by atoms with E-state index in [4.69, 9.17) is 18.9 Å². The Morgan fingerprint density at radius 3 is 1.85 bits per heavy atom. The van der Waals surface area contributed by atoms with E-state index in [1.54, 1.807) is 19.2 Å². The lowest BCUT2D eigenvalue weighted by Gasteiger charge is -2.35. The van der Waals surface area contributed by atoms with E-state index >= 15 is 0 Å². The normalized spacial score (nSPS) is 15.3. The second kappa shape index (κ2) is 8.96. The number of β-lactam (4-membered cyclic amide) rings is 1. The highest BCUT2D eigenvalue weighted by atomic mass is 16.5. The predicted octanol–water partition coefficient (Wildman–Crippen LogP) is 2.12. The van der Waals surface area contributed by atoms with Gasteiger partial charge in [0.2, 0.25) is 5.75 Å². The molecule has 3 rings (SSSR count). The van der Waals surface area contributed by atoms with Crippen molar-refractivity contribution < 1.29 is 28.8 Å². The molecule has 1 saturated heterocycles. The quantitative estimate of drug-likeness (QED) is 0.822. The Morgan fingerprint density at radius 2 is 1.50 bits per heavy atom. The summed E-state index contributed by atoms with van der Waals surface area (Å²) >= 11 is 0. The third-order valence-electron chi connectivity index (χ3n) is 3.85. The summed E-state index contributed by atoms with van der Waals surface area (Å²) in [4.78, 5) is 12.9. The first-order chi connectivity index (χ1) is 12.5. The van der Waals surface area contributed by atoms with Crippen molar-refractivity contribution in [3.8, 4) is 23.0 Å². The summed E-state index contributed by atoms with van der Waals surface area (Å²) in [6, 6.07) is 13.0. The van der Waals surface area contributed by atoms with Gasteiger partial charge < -0.3 is 29.0 Å². The summed E-state index contributed by atoms with van der Waals surface area (Å²) in [7, 11) is 6.19. The van der Waals surface area contributed by atoms with Crippen molar-refractivity contribution in [3.63, 3.8) is 0 Å². The number of carbonyl (C=O) groups is 1. The molecule has 7 heteroatoms. The van der Waals surface area contributed by atoms with E-state index in [2.05, 4.69) is 0 Å². The van der Waals surface area contributed by atoms with Gasteiger partial charge in [-0.05, 0) is 12.1 Å². The molecule has 1 atom stereocenters. The van der Waals surface area contributed by atoms with Crippen LogP contribution >= 0.6 is 0 Å². The van der Waals surface area contributed by atoms with Crippen molar-refractivity contribution in [2.45, 2.75) is 6.10 Å². The molecule has 0 aromatic heterocycles. The van der Waals surface area contributed by atoms with Crippen LogP contribution in [-0.4, -0.2) is 52.1 Å². The number of hydrogen-bond donors (Lipinski definition) is 1. The van der Waals surface area contributed by atoms with Gasteiger partial charge in [-0.1, -0.05) is 18.2 Å². The molecule has 2 aromatic rings. The number of amides is 1. The largest absolute Gasteiger partial charge is 0.497 e. The maximum atomic E-state index is 11.5. The second-order valence-corrected chi connectivity index (χ2v) is 5.37. The maximum Gasteiger partial charge on any atom is 0.257 e. The molecule has 2 aromatic carbocycles. The van der Waals surface area contributed by atoms with E-state index in [0.29, 0.717) is 22.9 Å². The predicted molar refractivity (Wildman–Crippen MR) is 97.5 cm³/mol. The van der Waals surface area contributed by atoms with E-state index in [1.807, 2.05) is 30.3 Å². The fraction of sp³-hybridized carbons (Fsp3) is 0.316. The van der Waals surface area contributed by atoms with E-state index in [1.165, 1.54) is 26.2 Å². The van der Waals surface area contributed by atoms with Crippen molar-refractivity contribution >= 4 is 11.6 Å². The topological polar surface area (TPSA) is 77.5 Å². The summed E-state index contributed by atoms with van der Waals surface area (Å²) < 4.78 is 20.5. The summed E-state index contributed by atoms with van der Waals surface area (Å²) in [5, 5.41) is 9.22. The summed E-state index contributed by atoms with van der Waals surface area (Å²) in [5.74, 6) is 2.00. The monoisotopic (exact) mass is 361 g/mol. The number of aliphatic hydroxyl groups is 1. The number of ether oxygens (including phenoxy) is 4. The van der Waals surface area contributed by atoms with Gasteiger partial charge in [-0.15, -0.1) is 0 Å². The average Bonchev–Trinajstić information content (AvgIpc) is 2.71. The maximum absolute atomic E-state index is 11.5. The van der Waals surface area contributed by atoms with Gasteiger partial charge in [0.25, 0.3) is 5.91 Å². The van der Waals surface area contributed by atoms with Gasteiger partial charge in [0.15, 0.2) is 17.6 Å². The van der Waals surface area contributed by atoms with Gasteiger partial charge in [-0.25, -0.2) is 0 Å². The molecule has 1 heterocycles. The lowest BCUT2D eigenvalue weighted by molar-refractivity contribution is -0.132. The molecule has 1 unspecified atom stereocenters. The Labute approximate surface area is 152 Å². The third-order valence-corrected chi connectivity index (χ3v) is 3.85. The number of benzene rings is 2. The Balaban J connectivity index is 0.000000254. The standard InChI is InChI=1S/C12H15NO5.C7H8O/c1-16-9-4-7(13-6-8(14)12(13)15)5-10(17-2)11(9)18-3;1-8-7-5-3-2-4-6-7/h4-5,8,14H,6H2,1-3H3;2-6H,1H3. The highest BCUT2D eigenvalue weighted by Gasteiger charge is 2.36. The first-order valence-electron chi connectivity index (χ1n) is 7.94. The minimum atomic E-state index is -0.913. The average molecular weight is 361 g/mol. The fourth-order valence-electron chi connectivity index (χ4n) is 2.42. The molecule has 1 aliphatic heterocycles. The van der Waals surface area contributed by atoms with E-state index < -0.39 is 6.10 Å². The van der Waals surface area contributed by atoms with Gasteiger partial charge in [-0.3, -0.25) is 4.79 Å². The van der Waals surface area contributed by atoms with Crippen LogP contribution < -0.4 is 23.8 Å². The smallest absolute Gasteiger partial charge is 0.257 e. The molecule has 1 fully saturated rings. The zero-order valence-corrected chi connectivity index (χ0v) is 15.3. The Morgan fingerprint density at radius 1 is 0.923 bits per heavy atom. The minimum Gasteiger partial charge on any atom is -0.497 e. The number of aliphatic hydroxyl groups excluding tert-OH is 1. The van der Waals surface area contributed by atoms with Gasteiger partial charge in [-0.2, -0.15) is 0 Å². The molecule has 0 saturated carbocycles. The first-order valence-corrected chi connectivity index (χ1v) is 7.94. The van der Waals surface area contributed by atoms with Gasteiger partial charge in [0, 0.05) is 12.1 Å². The van der Waals surface area contributed by atoms with Gasteiger partial charge in [0.05, 0.1) is 40.7 Å². The fourth-order valence-corrected chi connectivity index (χ4v) is 2.42. The van der Waals surface area contributed by atoms with Crippen LogP contribution in [0.2, 0.25) is 0 Å². The van der Waals surface area contributed by atoms with Crippen LogP contribution in [0.4, 0.5) is 5.69 Å². The van der Waals surface area contributed by atoms with Gasteiger partial charge in [0.1, 0.15) is 5.75 Å². The van der Waals surface area contributed by atoms with Crippen LogP contribution in [0.15, 0.2) is 42.5 Å². The van der Waals surface area contributed by atoms with Crippen molar-refractivity contribution in [2.24, 2.45) is 0 Å². The number of anilines is 1. The molecule has 0 bridgehead atoms. The highest BCUT2D eigenvalue weighted by Crippen LogP contribution is 2.41. The molecular formula is C19H23NO6.